The van der Waals surface area contributed by atoms with Crippen molar-refractivity contribution in [2.75, 3.05) is 13.7 Å². The Balaban J connectivity index is 2.72. The lowest BCUT2D eigenvalue weighted by Crippen LogP contribution is -2.32. The van der Waals surface area contributed by atoms with Crippen LogP contribution in [0.25, 0.3) is 0 Å². The third-order valence-electron chi connectivity index (χ3n) is 2.51. The van der Waals surface area contributed by atoms with Crippen LogP contribution in [-0.4, -0.2) is 24.8 Å². The largest absolute Gasteiger partial charge is 0.489 e. The minimum Gasteiger partial charge on any atom is -0.489 e. The van der Waals surface area contributed by atoms with Crippen LogP contribution in [0.5, 0.6) is 5.75 Å². The summed E-state index contributed by atoms with van der Waals surface area (Å²) in [5.74, 6) is -0.943. The molecule has 1 aromatic rings. The first-order valence-corrected chi connectivity index (χ1v) is 5.51. The molecule has 0 aromatic heterocycles. The van der Waals surface area contributed by atoms with Crippen molar-refractivity contribution in [1.82, 2.24) is 0 Å². The number of carbonyl (C=O) groups is 1. The predicted octanol–water partition coefficient (Wildman–Crippen LogP) is 1.90. The van der Waals surface area contributed by atoms with Crippen LogP contribution in [-0.2, 0) is 16.1 Å². The predicted molar refractivity (Wildman–Crippen MR) is 63.6 cm³/mol. The van der Waals surface area contributed by atoms with Crippen molar-refractivity contribution in [3.05, 3.63) is 29.6 Å². The molecule has 4 nitrogen and oxygen atoms in total. The Bertz CT molecular complexity index is 429. The average molecular weight is 256 g/mol. The molecule has 1 aromatic carbocycles. The molecular weight excluding hydrogens is 239 g/mol. The molecule has 0 spiro atoms. The molecule has 0 radical (unpaired) electrons. The fourth-order valence-electron chi connectivity index (χ4n) is 1.35. The highest BCUT2D eigenvalue weighted by Crippen LogP contribution is 2.23. The number of hydrogen-bond acceptors (Lipinski definition) is 4. The van der Waals surface area contributed by atoms with Crippen LogP contribution in [0.4, 0.5) is 4.39 Å². The van der Waals surface area contributed by atoms with E-state index in [0.29, 0.717) is 5.56 Å². The van der Waals surface area contributed by atoms with E-state index in [1.54, 1.807) is 19.9 Å². The summed E-state index contributed by atoms with van der Waals surface area (Å²) in [6.07, 6.45) is 0. The summed E-state index contributed by atoms with van der Waals surface area (Å²) < 4.78 is 23.4. The number of esters is 1. The molecule has 0 atom stereocenters. The second kappa shape index (κ2) is 5.82. The normalized spacial score (nSPS) is 11.2. The molecule has 0 aliphatic carbocycles. The summed E-state index contributed by atoms with van der Waals surface area (Å²) in [4.78, 5) is 11.4. The Labute approximate surface area is 105 Å². The molecule has 1 rings (SSSR count). The second-order valence-electron chi connectivity index (χ2n) is 4.59. The minimum atomic E-state index is -0.850. The Kier molecular flexibility index (Phi) is 4.67. The van der Waals surface area contributed by atoms with E-state index < -0.39 is 17.2 Å². The van der Waals surface area contributed by atoms with Gasteiger partial charge in [0.05, 0.1) is 19.1 Å². The Morgan fingerprint density at radius 1 is 1.44 bits per heavy atom. The van der Waals surface area contributed by atoms with E-state index >= 15 is 0 Å². The van der Waals surface area contributed by atoms with E-state index in [-0.39, 0.29) is 19.0 Å². The van der Waals surface area contributed by atoms with E-state index in [9.17, 15) is 9.18 Å². The van der Waals surface area contributed by atoms with Gasteiger partial charge in [-0.25, -0.2) is 4.39 Å². The zero-order chi connectivity index (χ0) is 13.8. The molecule has 5 heteroatoms. The van der Waals surface area contributed by atoms with Crippen molar-refractivity contribution in [1.29, 1.82) is 0 Å². The Morgan fingerprint density at radius 3 is 2.61 bits per heavy atom. The van der Waals surface area contributed by atoms with Crippen LogP contribution in [0.1, 0.15) is 19.4 Å². The van der Waals surface area contributed by atoms with E-state index in [0.717, 1.165) is 0 Å². The second-order valence-corrected chi connectivity index (χ2v) is 4.59. The SMILES string of the molecule is COC(=O)C(C)(C)COc1ccc(CO)cc1F. The van der Waals surface area contributed by atoms with E-state index in [4.69, 9.17) is 9.84 Å². The van der Waals surface area contributed by atoms with Crippen molar-refractivity contribution in [2.24, 2.45) is 5.41 Å². The molecule has 0 aliphatic rings. The summed E-state index contributed by atoms with van der Waals surface area (Å²) in [5, 5.41) is 8.85. The van der Waals surface area contributed by atoms with Crippen LogP contribution >= 0.6 is 0 Å². The summed E-state index contributed by atoms with van der Waals surface area (Å²) in [7, 11) is 1.29. The third-order valence-corrected chi connectivity index (χ3v) is 2.51. The number of methoxy groups -OCH3 is 1. The highest BCUT2D eigenvalue weighted by molar-refractivity contribution is 5.75. The van der Waals surface area contributed by atoms with Crippen LogP contribution in [0.15, 0.2) is 18.2 Å². The number of aliphatic hydroxyl groups is 1. The van der Waals surface area contributed by atoms with Crippen molar-refractivity contribution in [3.63, 3.8) is 0 Å². The van der Waals surface area contributed by atoms with Gasteiger partial charge in [0.2, 0.25) is 0 Å². The van der Waals surface area contributed by atoms with E-state index in [1.807, 2.05) is 0 Å². The molecule has 0 bridgehead atoms. The number of carbonyl (C=O) groups excluding carboxylic acids is 1. The first kappa shape index (κ1) is 14.4. The highest BCUT2D eigenvalue weighted by atomic mass is 19.1. The lowest BCUT2D eigenvalue weighted by molar-refractivity contribution is -0.152. The fourth-order valence-corrected chi connectivity index (χ4v) is 1.35. The molecule has 0 fully saturated rings. The van der Waals surface area contributed by atoms with Gasteiger partial charge in [-0.05, 0) is 31.5 Å². The molecule has 0 aliphatic heterocycles. The van der Waals surface area contributed by atoms with E-state index in [2.05, 4.69) is 4.74 Å². The molecule has 1 N–H and O–H groups in total. The molecule has 0 amide bonds. The summed E-state index contributed by atoms with van der Waals surface area (Å²) in [6.45, 7) is 3.08. The van der Waals surface area contributed by atoms with Crippen LogP contribution in [0.3, 0.4) is 0 Å². The molecule has 0 saturated heterocycles. The van der Waals surface area contributed by atoms with Gasteiger partial charge in [-0.3, -0.25) is 4.79 Å². The van der Waals surface area contributed by atoms with Crippen LogP contribution < -0.4 is 4.74 Å². The van der Waals surface area contributed by atoms with Crippen molar-refractivity contribution >= 4 is 5.97 Å². The molecule has 0 unspecified atom stereocenters. The number of hydrogen-bond donors (Lipinski definition) is 1. The van der Waals surface area contributed by atoms with Gasteiger partial charge in [-0.15, -0.1) is 0 Å². The molecule has 100 valence electrons. The van der Waals surface area contributed by atoms with Crippen molar-refractivity contribution in [2.45, 2.75) is 20.5 Å². The Hall–Kier alpha value is -1.62. The molecule has 0 heterocycles. The maximum Gasteiger partial charge on any atom is 0.314 e. The fraction of sp³-hybridized carbons (Fsp3) is 0.462. The topological polar surface area (TPSA) is 55.8 Å². The van der Waals surface area contributed by atoms with Gasteiger partial charge >= 0.3 is 5.97 Å². The zero-order valence-corrected chi connectivity index (χ0v) is 10.7. The van der Waals surface area contributed by atoms with Crippen molar-refractivity contribution in [3.8, 4) is 5.75 Å². The van der Waals surface area contributed by atoms with Crippen LogP contribution in [0.2, 0.25) is 0 Å². The summed E-state index contributed by atoms with van der Waals surface area (Å²) in [6, 6.07) is 4.18. The van der Waals surface area contributed by atoms with Gasteiger partial charge < -0.3 is 14.6 Å². The minimum absolute atomic E-state index is 0.00899. The number of aliphatic hydroxyl groups excluding tert-OH is 1. The standard InChI is InChI=1S/C13H17FO4/c1-13(2,12(16)17-3)8-18-11-5-4-9(7-15)6-10(11)14/h4-6,15H,7-8H2,1-3H3. The summed E-state index contributed by atoms with van der Waals surface area (Å²) >= 11 is 0. The zero-order valence-electron chi connectivity index (χ0n) is 10.7. The van der Waals surface area contributed by atoms with E-state index in [1.165, 1.54) is 19.2 Å². The number of halogens is 1. The average Bonchev–Trinajstić information content (AvgIpc) is 2.36. The first-order chi connectivity index (χ1) is 8.40. The maximum atomic E-state index is 13.5. The monoisotopic (exact) mass is 256 g/mol. The number of rotatable bonds is 5. The number of benzene rings is 1. The van der Waals surface area contributed by atoms with Crippen LogP contribution in [0, 0.1) is 11.2 Å². The van der Waals surface area contributed by atoms with Gasteiger partial charge in [-0.1, -0.05) is 6.07 Å². The number of ether oxygens (including phenoxy) is 2. The molecule has 18 heavy (non-hydrogen) atoms. The lowest BCUT2D eigenvalue weighted by atomic mass is 9.95. The molecule has 0 saturated carbocycles. The highest BCUT2D eigenvalue weighted by Gasteiger charge is 2.30. The van der Waals surface area contributed by atoms with Crippen molar-refractivity contribution < 1.29 is 23.8 Å². The van der Waals surface area contributed by atoms with Gasteiger partial charge in [0, 0.05) is 0 Å². The van der Waals surface area contributed by atoms with Gasteiger partial charge in [0.25, 0.3) is 0 Å². The van der Waals surface area contributed by atoms with Gasteiger partial charge in [-0.2, -0.15) is 0 Å². The molecular formula is C13H17FO4. The first-order valence-electron chi connectivity index (χ1n) is 5.51. The quantitative estimate of drug-likeness (QED) is 0.817. The van der Waals surface area contributed by atoms with Gasteiger partial charge in [0.1, 0.15) is 6.61 Å². The lowest BCUT2D eigenvalue weighted by Gasteiger charge is -2.21. The third kappa shape index (κ3) is 3.43. The maximum absolute atomic E-state index is 13.5. The Morgan fingerprint density at radius 2 is 2.11 bits per heavy atom. The summed E-state index contributed by atoms with van der Waals surface area (Å²) in [5.41, 5.74) is -0.385. The van der Waals surface area contributed by atoms with Gasteiger partial charge in [0.15, 0.2) is 11.6 Å². The smallest absolute Gasteiger partial charge is 0.314 e.